The van der Waals surface area contributed by atoms with Crippen LogP contribution in [0, 0.1) is 6.92 Å². The van der Waals surface area contributed by atoms with E-state index in [1.54, 1.807) is 0 Å². The topological polar surface area (TPSA) is 44.1 Å². The predicted octanol–water partition coefficient (Wildman–Crippen LogP) is 5.98. The first kappa shape index (κ1) is 22.4. The van der Waals surface area contributed by atoms with Crippen LogP contribution in [0.3, 0.4) is 0 Å². The van der Waals surface area contributed by atoms with E-state index < -0.39 is 0 Å². The first-order chi connectivity index (χ1) is 14.7. The minimum atomic E-state index is 0.504. The average Bonchev–Trinajstić information content (AvgIpc) is 3.02. The highest BCUT2D eigenvalue weighted by Gasteiger charge is 2.20. The molecular formula is C26H38N3O+. The second-order valence-electron chi connectivity index (χ2n) is 8.36. The molecule has 1 heterocycles. The number of nitrogens with two attached hydrogens (primary N) is 1. The maximum absolute atomic E-state index is 6.56. The number of nitrogen functional groups attached to an aromatic ring is 1. The first-order valence-corrected chi connectivity index (χ1v) is 11.6. The largest absolute Gasteiger partial charge is 0.358 e. The van der Waals surface area contributed by atoms with E-state index in [0.29, 0.717) is 6.73 Å². The van der Waals surface area contributed by atoms with E-state index in [9.17, 15) is 0 Å². The summed E-state index contributed by atoms with van der Waals surface area (Å²) in [6, 6.07) is 17.0. The number of para-hydroxylation sites is 2. The Kier molecular flexibility index (Phi) is 8.76. The van der Waals surface area contributed by atoms with Crippen LogP contribution in [-0.2, 0) is 18.0 Å². The lowest BCUT2D eigenvalue weighted by Gasteiger charge is -2.05. The van der Waals surface area contributed by atoms with Crippen LogP contribution in [0.1, 0.15) is 69.4 Å². The van der Waals surface area contributed by atoms with Crippen molar-refractivity contribution in [2.24, 2.45) is 0 Å². The summed E-state index contributed by atoms with van der Waals surface area (Å²) in [4.78, 5) is 0. The number of anilines is 1. The number of hydrogen-bond donors (Lipinski definition) is 1. The molecule has 2 aromatic carbocycles. The highest BCUT2D eigenvalue weighted by molar-refractivity contribution is 5.73. The molecule has 0 radical (unpaired) electrons. The highest BCUT2D eigenvalue weighted by Crippen LogP contribution is 2.17. The molecule has 0 unspecified atom stereocenters. The van der Waals surface area contributed by atoms with Crippen molar-refractivity contribution in [2.75, 3.05) is 12.3 Å². The molecule has 3 aromatic rings. The van der Waals surface area contributed by atoms with Crippen LogP contribution in [0.15, 0.2) is 48.5 Å². The second kappa shape index (κ2) is 11.8. The third-order valence-corrected chi connectivity index (χ3v) is 5.84. The molecule has 0 aliphatic heterocycles. The molecule has 0 aliphatic rings. The van der Waals surface area contributed by atoms with Crippen molar-refractivity contribution >= 4 is 17.0 Å². The molecule has 0 saturated carbocycles. The summed E-state index contributed by atoms with van der Waals surface area (Å²) < 4.78 is 10.3. The van der Waals surface area contributed by atoms with Gasteiger partial charge in [-0.2, -0.15) is 0 Å². The number of rotatable bonds is 13. The van der Waals surface area contributed by atoms with E-state index in [1.807, 2.05) is 0 Å². The third kappa shape index (κ3) is 6.09. The Balaban J connectivity index is 1.54. The summed E-state index contributed by atoms with van der Waals surface area (Å²) >= 11 is 0. The van der Waals surface area contributed by atoms with Crippen LogP contribution in [0.4, 0.5) is 5.95 Å². The monoisotopic (exact) mass is 408 g/mol. The van der Waals surface area contributed by atoms with Crippen LogP contribution < -0.4 is 10.3 Å². The van der Waals surface area contributed by atoms with E-state index in [2.05, 4.69) is 71.5 Å². The number of ether oxygens (including phenoxy) is 1. The number of aryl methyl sites for hydroxylation is 1. The van der Waals surface area contributed by atoms with Gasteiger partial charge in [0.2, 0.25) is 0 Å². The summed E-state index contributed by atoms with van der Waals surface area (Å²) in [6.45, 7) is 6.43. The van der Waals surface area contributed by atoms with Gasteiger partial charge in [-0.15, -0.1) is 0 Å². The number of fused-ring (bicyclic) bond motifs is 1. The van der Waals surface area contributed by atoms with Gasteiger partial charge in [0.05, 0.1) is 13.2 Å². The molecular weight excluding hydrogens is 370 g/mol. The molecule has 0 fully saturated rings. The molecule has 3 rings (SSSR count). The van der Waals surface area contributed by atoms with E-state index in [-0.39, 0.29) is 0 Å². The molecule has 0 amide bonds. The minimum Gasteiger partial charge on any atom is -0.348 e. The Morgan fingerprint density at radius 2 is 1.53 bits per heavy atom. The lowest BCUT2D eigenvalue weighted by molar-refractivity contribution is -0.648. The lowest BCUT2D eigenvalue weighted by Crippen LogP contribution is -2.37. The van der Waals surface area contributed by atoms with Gasteiger partial charge in [0.1, 0.15) is 11.0 Å². The van der Waals surface area contributed by atoms with E-state index >= 15 is 0 Å². The lowest BCUT2D eigenvalue weighted by atomic mass is 10.1. The second-order valence-corrected chi connectivity index (χ2v) is 8.36. The van der Waals surface area contributed by atoms with Gasteiger partial charge in [-0.25, -0.2) is 9.13 Å². The number of benzene rings is 2. The van der Waals surface area contributed by atoms with Crippen molar-refractivity contribution in [3.63, 3.8) is 0 Å². The number of hydrogen-bond acceptors (Lipinski definition) is 2. The molecule has 4 heteroatoms. The average molecular weight is 409 g/mol. The fourth-order valence-electron chi connectivity index (χ4n) is 3.98. The Morgan fingerprint density at radius 3 is 2.27 bits per heavy atom. The zero-order valence-corrected chi connectivity index (χ0v) is 18.8. The van der Waals surface area contributed by atoms with Gasteiger partial charge in [-0.05, 0) is 31.0 Å². The van der Waals surface area contributed by atoms with Gasteiger partial charge in [-0.1, -0.05) is 93.8 Å². The summed E-state index contributed by atoms with van der Waals surface area (Å²) in [5.41, 5.74) is 11.3. The number of unbranched alkanes of at least 4 members (excludes halogenated alkanes) is 7. The van der Waals surface area contributed by atoms with Crippen molar-refractivity contribution < 1.29 is 9.30 Å². The third-order valence-electron chi connectivity index (χ3n) is 5.84. The van der Waals surface area contributed by atoms with Crippen LogP contribution in [-0.4, -0.2) is 11.2 Å². The zero-order chi connectivity index (χ0) is 21.2. The molecule has 30 heavy (non-hydrogen) atoms. The number of aromatic nitrogens is 2. The number of nitrogens with zero attached hydrogens (tertiary/aromatic N) is 2. The van der Waals surface area contributed by atoms with E-state index in [1.165, 1.54) is 56.1 Å². The van der Waals surface area contributed by atoms with E-state index in [4.69, 9.17) is 10.5 Å². The molecule has 0 spiro atoms. The van der Waals surface area contributed by atoms with E-state index in [0.717, 1.165) is 36.6 Å². The van der Waals surface area contributed by atoms with Crippen LogP contribution >= 0.6 is 0 Å². The summed E-state index contributed by atoms with van der Waals surface area (Å²) in [7, 11) is 0. The van der Waals surface area contributed by atoms with Crippen molar-refractivity contribution in [3.8, 4) is 0 Å². The zero-order valence-electron chi connectivity index (χ0n) is 18.8. The van der Waals surface area contributed by atoms with Crippen molar-refractivity contribution in [3.05, 3.63) is 59.7 Å². The molecule has 0 atom stereocenters. The fraction of sp³-hybridized carbons (Fsp3) is 0.500. The summed E-state index contributed by atoms with van der Waals surface area (Å²) in [5, 5.41) is 0. The van der Waals surface area contributed by atoms with Crippen LogP contribution in [0.25, 0.3) is 11.0 Å². The fourth-order valence-corrected chi connectivity index (χ4v) is 3.98. The Labute approximate surface area is 181 Å². The molecule has 0 aliphatic carbocycles. The first-order valence-electron chi connectivity index (χ1n) is 11.6. The predicted molar refractivity (Wildman–Crippen MR) is 125 cm³/mol. The van der Waals surface area contributed by atoms with Crippen molar-refractivity contribution in [1.29, 1.82) is 0 Å². The standard InChI is InChI=1S/C26H37N3O/c1-3-4-5-6-7-8-9-12-19-30-21-29-25-14-11-10-13-24(25)28(26(29)27)20-23-17-15-22(2)16-18-23/h10-11,13-18,27H,3-9,12,19-21H2,1-2H3/p+1. The van der Waals surface area contributed by atoms with Crippen molar-refractivity contribution in [2.45, 2.75) is 78.5 Å². The van der Waals surface area contributed by atoms with Gasteiger partial charge in [-0.3, -0.25) is 5.73 Å². The smallest absolute Gasteiger partial charge is 0.348 e. The van der Waals surface area contributed by atoms with Crippen LogP contribution in [0.5, 0.6) is 0 Å². The van der Waals surface area contributed by atoms with Crippen molar-refractivity contribution in [1.82, 2.24) is 4.57 Å². The molecule has 4 nitrogen and oxygen atoms in total. The van der Waals surface area contributed by atoms with Gasteiger partial charge in [0.15, 0.2) is 6.73 Å². The SMILES string of the molecule is CCCCCCCCCCOCn1c(N)[n+](Cc2ccc(C)cc2)c2ccccc21. The summed E-state index contributed by atoms with van der Waals surface area (Å²) in [5.74, 6) is 0.743. The van der Waals surface area contributed by atoms with Gasteiger partial charge in [0, 0.05) is 0 Å². The molecule has 162 valence electrons. The molecule has 2 N–H and O–H groups in total. The number of imidazole rings is 1. The van der Waals surface area contributed by atoms with Gasteiger partial charge < -0.3 is 4.74 Å². The van der Waals surface area contributed by atoms with Gasteiger partial charge in [0.25, 0.3) is 0 Å². The minimum absolute atomic E-state index is 0.504. The molecule has 0 bridgehead atoms. The normalized spacial score (nSPS) is 11.4. The Hall–Kier alpha value is -2.33. The quantitative estimate of drug-likeness (QED) is 0.279. The molecule has 0 saturated heterocycles. The summed E-state index contributed by atoms with van der Waals surface area (Å²) in [6.07, 6.45) is 10.5. The highest BCUT2D eigenvalue weighted by atomic mass is 16.5. The van der Waals surface area contributed by atoms with Crippen LogP contribution in [0.2, 0.25) is 0 Å². The van der Waals surface area contributed by atoms with Gasteiger partial charge >= 0.3 is 5.95 Å². The Morgan fingerprint density at radius 1 is 0.867 bits per heavy atom. The molecule has 1 aromatic heterocycles. The maximum atomic E-state index is 6.56. The Bertz CT molecular complexity index is 899. The maximum Gasteiger partial charge on any atom is 0.358 e.